The Bertz CT molecular complexity index is 494. The number of carbonyl (C=O) groups is 1. The lowest BCUT2D eigenvalue weighted by Gasteiger charge is -2.28. The SMILES string of the molecule is C[C@H]1[C@H](O)[C@@H](CO)O[C@H]1C1=NNC2C(=O)NC(N)=NN12. The average molecular weight is 284 g/mol. The van der Waals surface area contributed by atoms with Gasteiger partial charge in [0.1, 0.15) is 12.2 Å². The Hall–Kier alpha value is -1.91. The fraction of sp³-hybridized carbons (Fsp3) is 0.700. The zero-order chi connectivity index (χ0) is 14.4. The summed E-state index contributed by atoms with van der Waals surface area (Å²) in [5, 5.41) is 30.9. The van der Waals surface area contributed by atoms with Crippen molar-refractivity contribution in [2.45, 2.75) is 31.4 Å². The smallest absolute Gasteiger partial charge is 0.273 e. The molecule has 110 valence electrons. The Balaban J connectivity index is 1.85. The van der Waals surface area contributed by atoms with Gasteiger partial charge in [0.25, 0.3) is 5.91 Å². The molecule has 0 saturated carbocycles. The van der Waals surface area contributed by atoms with Gasteiger partial charge in [0, 0.05) is 5.92 Å². The van der Waals surface area contributed by atoms with Gasteiger partial charge in [-0.25, -0.2) is 5.01 Å². The fourth-order valence-electron chi connectivity index (χ4n) is 2.53. The van der Waals surface area contributed by atoms with Gasteiger partial charge in [0.15, 0.2) is 5.84 Å². The van der Waals surface area contributed by atoms with Gasteiger partial charge in [-0.15, -0.1) is 5.10 Å². The summed E-state index contributed by atoms with van der Waals surface area (Å²) in [4.78, 5) is 11.7. The van der Waals surface area contributed by atoms with Crippen molar-refractivity contribution in [1.82, 2.24) is 15.8 Å². The van der Waals surface area contributed by atoms with E-state index in [4.69, 9.17) is 15.6 Å². The van der Waals surface area contributed by atoms with Crippen LogP contribution in [0.1, 0.15) is 6.92 Å². The second-order valence-corrected chi connectivity index (χ2v) is 4.95. The highest BCUT2D eigenvalue weighted by Gasteiger charge is 2.49. The number of nitrogens with one attached hydrogen (secondary N) is 2. The third-order valence-electron chi connectivity index (χ3n) is 3.65. The van der Waals surface area contributed by atoms with Gasteiger partial charge in [0.05, 0.1) is 12.7 Å². The lowest BCUT2D eigenvalue weighted by atomic mass is 9.97. The van der Waals surface area contributed by atoms with Crippen LogP contribution in [-0.2, 0) is 9.53 Å². The highest BCUT2D eigenvalue weighted by Crippen LogP contribution is 2.30. The molecule has 0 aliphatic carbocycles. The van der Waals surface area contributed by atoms with Gasteiger partial charge in [-0.05, 0) is 0 Å². The summed E-state index contributed by atoms with van der Waals surface area (Å²) in [7, 11) is 0. The quantitative estimate of drug-likeness (QED) is 0.356. The molecule has 0 spiro atoms. The van der Waals surface area contributed by atoms with Crippen molar-refractivity contribution in [1.29, 1.82) is 0 Å². The van der Waals surface area contributed by atoms with Crippen molar-refractivity contribution in [3.63, 3.8) is 0 Å². The molecule has 10 heteroatoms. The Morgan fingerprint density at radius 2 is 2.30 bits per heavy atom. The van der Waals surface area contributed by atoms with Gasteiger partial charge < -0.3 is 20.7 Å². The number of rotatable bonds is 2. The maximum absolute atomic E-state index is 11.7. The highest BCUT2D eigenvalue weighted by molar-refractivity contribution is 6.04. The molecule has 3 heterocycles. The number of guanidine groups is 1. The second kappa shape index (κ2) is 4.58. The predicted molar refractivity (Wildman–Crippen MR) is 66.9 cm³/mol. The lowest BCUT2D eigenvalue weighted by molar-refractivity contribution is -0.125. The first-order valence-electron chi connectivity index (χ1n) is 6.24. The zero-order valence-electron chi connectivity index (χ0n) is 10.7. The first-order valence-corrected chi connectivity index (χ1v) is 6.24. The molecule has 1 amide bonds. The number of hydrogen-bond acceptors (Lipinski definition) is 9. The van der Waals surface area contributed by atoms with Crippen LogP contribution in [0, 0.1) is 5.92 Å². The molecule has 0 aromatic heterocycles. The van der Waals surface area contributed by atoms with E-state index in [-0.39, 0.29) is 24.4 Å². The number of nitrogens with two attached hydrogens (primary N) is 1. The molecule has 10 nitrogen and oxygen atoms in total. The van der Waals surface area contributed by atoms with Crippen LogP contribution in [0.2, 0.25) is 0 Å². The molecule has 5 atom stereocenters. The summed E-state index contributed by atoms with van der Waals surface area (Å²) in [5.41, 5.74) is 8.16. The molecule has 0 bridgehead atoms. The number of hydrogen-bond donors (Lipinski definition) is 5. The van der Waals surface area contributed by atoms with Crippen molar-refractivity contribution < 1.29 is 19.7 Å². The van der Waals surface area contributed by atoms with Gasteiger partial charge in [-0.1, -0.05) is 6.92 Å². The van der Waals surface area contributed by atoms with E-state index in [9.17, 15) is 9.90 Å². The molecule has 0 radical (unpaired) electrons. The topological polar surface area (TPSA) is 145 Å². The number of aliphatic hydroxyl groups excluding tert-OH is 2. The molecule has 0 aromatic carbocycles. The molecule has 1 saturated heterocycles. The Labute approximate surface area is 114 Å². The van der Waals surface area contributed by atoms with Crippen LogP contribution < -0.4 is 16.5 Å². The van der Waals surface area contributed by atoms with Gasteiger partial charge in [0.2, 0.25) is 12.1 Å². The minimum absolute atomic E-state index is 0.0347. The van der Waals surface area contributed by atoms with E-state index >= 15 is 0 Å². The fourth-order valence-corrected chi connectivity index (χ4v) is 2.53. The normalized spacial score (nSPS) is 39.9. The highest BCUT2D eigenvalue weighted by atomic mass is 16.5. The van der Waals surface area contributed by atoms with E-state index in [1.54, 1.807) is 6.92 Å². The minimum Gasteiger partial charge on any atom is -0.394 e. The number of fused-ring (bicyclic) bond motifs is 1. The summed E-state index contributed by atoms with van der Waals surface area (Å²) in [6.07, 6.45) is -2.86. The largest absolute Gasteiger partial charge is 0.394 e. The van der Waals surface area contributed by atoms with E-state index in [2.05, 4.69) is 20.9 Å². The van der Waals surface area contributed by atoms with Crippen LogP contribution in [0.25, 0.3) is 0 Å². The summed E-state index contributed by atoms with van der Waals surface area (Å²) in [6, 6.07) is 0. The van der Waals surface area contributed by atoms with Gasteiger partial charge in [-0.2, -0.15) is 5.10 Å². The van der Waals surface area contributed by atoms with E-state index in [1.165, 1.54) is 5.01 Å². The van der Waals surface area contributed by atoms with Crippen molar-refractivity contribution in [3.05, 3.63) is 0 Å². The first-order chi connectivity index (χ1) is 9.52. The van der Waals surface area contributed by atoms with Crippen molar-refractivity contribution in [2.24, 2.45) is 21.9 Å². The molecule has 1 unspecified atom stereocenters. The second-order valence-electron chi connectivity index (χ2n) is 4.95. The third kappa shape index (κ3) is 1.80. The Kier molecular flexibility index (Phi) is 3.00. The summed E-state index contributed by atoms with van der Waals surface area (Å²) >= 11 is 0. The number of hydrazone groups is 2. The molecule has 20 heavy (non-hydrogen) atoms. The molecule has 1 fully saturated rings. The van der Waals surface area contributed by atoms with Crippen LogP contribution in [0.3, 0.4) is 0 Å². The maximum Gasteiger partial charge on any atom is 0.273 e. The van der Waals surface area contributed by atoms with E-state index in [0.717, 1.165) is 0 Å². The maximum atomic E-state index is 11.7. The van der Waals surface area contributed by atoms with E-state index in [0.29, 0.717) is 5.84 Å². The number of aliphatic hydroxyl groups is 2. The Morgan fingerprint density at radius 3 is 2.95 bits per heavy atom. The summed E-state index contributed by atoms with van der Waals surface area (Å²) < 4.78 is 5.58. The van der Waals surface area contributed by atoms with Crippen LogP contribution >= 0.6 is 0 Å². The molecule has 0 aromatic rings. The Morgan fingerprint density at radius 1 is 1.55 bits per heavy atom. The number of nitrogens with zero attached hydrogens (tertiary/aromatic N) is 3. The monoisotopic (exact) mass is 284 g/mol. The average Bonchev–Trinajstić information content (AvgIpc) is 2.93. The molecule has 3 aliphatic heterocycles. The van der Waals surface area contributed by atoms with Crippen molar-refractivity contribution in [2.75, 3.05) is 6.61 Å². The van der Waals surface area contributed by atoms with E-state index in [1.807, 2.05) is 0 Å². The van der Waals surface area contributed by atoms with Gasteiger partial charge >= 0.3 is 0 Å². The first kappa shape index (κ1) is 13.1. The summed E-state index contributed by atoms with van der Waals surface area (Å²) in [5.74, 6) is -0.350. The van der Waals surface area contributed by atoms with Crippen LogP contribution in [-0.4, -0.2) is 64.0 Å². The number of carbonyl (C=O) groups excluding carboxylic acids is 1. The van der Waals surface area contributed by atoms with E-state index < -0.39 is 24.5 Å². The number of ether oxygens (including phenoxy) is 1. The number of amides is 1. The molecular formula is C10H16N6O4. The standard InChI is InChI=1S/C10H16N6O4/c1-3-5(18)4(2-17)20-6(3)7-13-14-8-9(19)12-10(11)15-16(7)8/h3-6,8,14,17-18H,2H2,1H3,(H3,11,12,15,19)/t3-,4+,5-,6+,8?/m0/s1. The minimum atomic E-state index is -0.813. The van der Waals surface area contributed by atoms with Crippen molar-refractivity contribution >= 4 is 17.7 Å². The van der Waals surface area contributed by atoms with Crippen molar-refractivity contribution in [3.8, 4) is 0 Å². The van der Waals surface area contributed by atoms with Crippen LogP contribution in [0.15, 0.2) is 10.2 Å². The number of amidine groups is 1. The van der Waals surface area contributed by atoms with Gasteiger partial charge in [-0.3, -0.25) is 15.5 Å². The predicted octanol–water partition coefficient (Wildman–Crippen LogP) is -3.35. The van der Waals surface area contributed by atoms with Crippen LogP contribution in [0.5, 0.6) is 0 Å². The molecular weight excluding hydrogens is 268 g/mol. The van der Waals surface area contributed by atoms with Crippen LogP contribution in [0.4, 0.5) is 0 Å². The zero-order valence-corrected chi connectivity index (χ0v) is 10.7. The molecule has 3 rings (SSSR count). The molecule has 3 aliphatic rings. The third-order valence-corrected chi connectivity index (χ3v) is 3.65. The lowest BCUT2D eigenvalue weighted by Crippen LogP contribution is -2.58. The molecule has 6 N–H and O–H groups in total. The summed E-state index contributed by atoms with van der Waals surface area (Å²) in [6.45, 7) is 1.48.